The first-order valence-corrected chi connectivity index (χ1v) is 8.02. The van der Waals surface area contributed by atoms with E-state index in [0.29, 0.717) is 12.5 Å². The van der Waals surface area contributed by atoms with Gasteiger partial charge in [0.15, 0.2) is 0 Å². The van der Waals surface area contributed by atoms with Crippen LogP contribution in [0.2, 0.25) is 0 Å². The fourth-order valence-corrected chi connectivity index (χ4v) is 2.33. The molecule has 0 heterocycles. The quantitative estimate of drug-likeness (QED) is 0.616. The van der Waals surface area contributed by atoms with Gasteiger partial charge in [0.2, 0.25) is 0 Å². The van der Waals surface area contributed by atoms with Crippen LogP contribution in [0.1, 0.15) is 23.2 Å². The summed E-state index contributed by atoms with van der Waals surface area (Å²) in [5, 5.41) is 0. The third kappa shape index (κ3) is 3.61. The Balaban J connectivity index is 2.26. The molecule has 1 aromatic rings. The maximum atomic E-state index is 11.9. The molecule has 104 valence electrons. The lowest BCUT2D eigenvalue weighted by Crippen LogP contribution is -2.10. The molecule has 1 aromatic carbocycles. The minimum absolute atomic E-state index is 0.0601. The summed E-state index contributed by atoms with van der Waals surface area (Å²) in [7, 11) is 2.74. The first-order chi connectivity index (χ1) is 8.91. The van der Waals surface area contributed by atoms with Crippen LogP contribution in [0.25, 0.3) is 0 Å². The summed E-state index contributed by atoms with van der Waals surface area (Å²) < 4.78 is 32.6. The smallest absolute Gasteiger partial charge is 0.341 e. The van der Waals surface area contributed by atoms with Crippen LogP contribution in [-0.2, 0) is 13.8 Å². The van der Waals surface area contributed by atoms with Gasteiger partial charge in [-0.15, -0.1) is 0 Å². The number of hydrogen-bond donors (Lipinski definition) is 0. The maximum absolute atomic E-state index is 11.9. The highest BCUT2D eigenvalue weighted by Gasteiger charge is 2.25. The zero-order valence-corrected chi connectivity index (χ0v) is 11.8. The fraction of sp³-hybridized carbons (Fsp3) is 0.417. The van der Waals surface area contributed by atoms with Crippen molar-refractivity contribution in [2.45, 2.75) is 17.7 Å². The molecule has 0 spiro atoms. The van der Waals surface area contributed by atoms with Crippen molar-refractivity contribution in [2.24, 2.45) is 5.92 Å². The molecule has 0 saturated heterocycles. The van der Waals surface area contributed by atoms with Gasteiger partial charge in [-0.25, -0.2) is 13.2 Å². The molecule has 0 aliphatic heterocycles. The van der Waals surface area contributed by atoms with Gasteiger partial charge in [-0.05, 0) is 37.0 Å². The summed E-state index contributed by atoms with van der Waals surface area (Å²) in [6, 6.07) is 3.82. The SMILES string of the molecule is COc1ccc(S(=O)(=O)Cl)cc1C(=O)OCC1CC1. The van der Waals surface area contributed by atoms with E-state index in [-0.39, 0.29) is 16.2 Å². The Morgan fingerprint density at radius 1 is 1.42 bits per heavy atom. The Kier molecular flexibility index (Phi) is 4.01. The lowest BCUT2D eigenvalue weighted by atomic mass is 10.2. The van der Waals surface area contributed by atoms with Crippen molar-refractivity contribution in [3.63, 3.8) is 0 Å². The van der Waals surface area contributed by atoms with E-state index in [0.717, 1.165) is 18.9 Å². The Morgan fingerprint density at radius 3 is 2.63 bits per heavy atom. The standard InChI is InChI=1S/C12H13ClO5S/c1-17-11-5-4-9(19(13,15)16)6-10(11)12(14)18-7-8-2-3-8/h4-6,8H,2-3,7H2,1H3. The largest absolute Gasteiger partial charge is 0.496 e. The third-order valence-electron chi connectivity index (χ3n) is 2.82. The average molecular weight is 305 g/mol. The van der Waals surface area contributed by atoms with E-state index in [1.54, 1.807) is 0 Å². The van der Waals surface area contributed by atoms with Gasteiger partial charge in [-0.1, -0.05) is 0 Å². The van der Waals surface area contributed by atoms with Crippen LogP contribution in [0.15, 0.2) is 23.1 Å². The van der Waals surface area contributed by atoms with E-state index in [2.05, 4.69) is 0 Å². The molecule has 0 unspecified atom stereocenters. The van der Waals surface area contributed by atoms with E-state index >= 15 is 0 Å². The summed E-state index contributed by atoms with van der Waals surface area (Å²) in [5.74, 6) is 0.0747. The Hall–Kier alpha value is -1.27. The highest BCUT2D eigenvalue weighted by atomic mass is 35.7. The number of rotatable bonds is 5. The van der Waals surface area contributed by atoms with Crippen molar-refractivity contribution >= 4 is 25.7 Å². The van der Waals surface area contributed by atoms with Crippen LogP contribution >= 0.6 is 10.7 Å². The van der Waals surface area contributed by atoms with E-state index < -0.39 is 15.0 Å². The molecule has 0 atom stereocenters. The minimum atomic E-state index is -3.89. The van der Waals surface area contributed by atoms with Crippen molar-refractivity contribution in [1.29, 1.82) is 0 Å². The number of hydrogen-bond acceptors (Lipinski definition) is 5. The van der Waals surface area contributed by atoms with Gasteiger partial charge in [0.05, 0.1) is 18.6 Å². The summed E-state index contributed by atoms with van der Waals surface area (Å²) in [6.45, 7) is 0.347. The zero-order chi connectivity index (χ0) is 14.0. The number of carbonyl (C=O) groups excluding carboxylic acids is 1. The second-order valence-electron chi connectivity index (χ2n) is 4.34. The van der Waals surface area contributed by atoms with Gasteiger partial charge in [0.1, 0.15) is 11.3 Å². The number of carbonyl (C=O) groups is 1. The van der Waals surface area contributed by atoms with Crippen LogP contribution in [0.4, 0.5) is 0 Å². The fourth-order valence-electron chi connectivity index (χ4n) is 1.55. The molecule has 5 nitrogen and oxygen atoms in total. The highest BCUT2D eigenvalue weighted by molar-refractivity contribution is 8.13. The van der Waals surface area contributed by atoms with Crippen LogP contribution in [0, 0.1) is 5.92 Å². The molecule has 1 aliphatic carbocycles. The topological polar surface area (TPSA) is 69.7 Å². The Bertz CT molecular complexity index is 592. The molecule has 0 radical (unpaired) electrons. The predicted octanol–water partition coefficient (Wildman–Crippen LogP) is 2.19. The summed E-state index contributed by atoms with van der Waals surface area (Å²) in [5.41, 5.74) is 0.0601. The summed E-state index contributed by atoms with van der Waals surface area (Å²) >= 11 is 0. The van der Waals surface area contributed by atoms with Crippen LogP contribution in [0.5, 0.6) is 5.75 Å². The van der Waals surface area contributed by atoms with Gasteiger partial charge in [-0.2, -0.15) is 0 Å². The van der Waals surface area contributed by atoms with Crippen molar-refractivity contribution in [2.75, 3.05) is 13.7 Å². The van der Waals surface area contributed by atoms with Gasteiger partial charge in [-0.3, -0.25) is 0 Å². The Morgan fingerprint density at radius 2 is 2.11 bits per heavy atom. The molecule has 19 heavy (non-hydrogen) atoms. The lowest BCUT2D eigenvalue weighted by molar-refractivity contribution is 0.0482. The van der Waals surface area contributed by atoms with Crippen LogP contribution in [-0.4, -0.2) is 28.1 Å². The van der Waals surface area contributed by atoms with Crippen LogP contribution < -0.4 is 4.74 Å². The number of ether oxygens (including phenoxy) is 2. The molecule has 0 bridgehead atoms. The Labute approximate surface area is 115 Å². The molecule has 0 amide bonds. The third-order valence-corrected chi connectivity index (χ3v) is 4.17. The summed E-state index contributed by atoms with van der Waals surface area (Å²) in [6.07, 6.45) is 2.11. The molecule has 2 rings (SSSR count). The molecule has 7 heteroatoms. The lowest BCUT2D eigenvalue weighted by Gasteiger charge is -2.09. The number of methoxy groups -OCH3 is 1. The number of halogens is 1. The van der Waals surface area contributed by atoms with Gasteiger partial charge < -0.3 is 9.47 Å². The maximum Gasteiger partial charge on any atom is 0.341 e. The molecule has 1 fully saturated rings. The first kappa shape index (κ1) is 14.1. The summed E-state index contributed by atoms with van der Waals surface area (Å²) in [4.78, 5) is 11.7. The van der Waals surface area contributed by atoms with E-state index in [9.17, 15) is 13.2 Å². The second-order valence-corrected chi connectivity index (χ2v) is 6.91. The van der Waals surface area contributed by atoms with E-state index in [1.165, 1.54) is 19.2 Å². The number of benzene rings is 1. The number of esters is 1. The van der Waals surface area contributed by atoms with Gasteiger partial charge in [0, 0.05) is 10.7 Å². The van der Waals surface area contributed by atoms with Crippen molar-refractivity contribution in [3.05, 3.63) is 23.8 Å². The first-order valence-electron chi connectivity index (χ1n) is 5.71. The van der Waals surface area contributed by atoms with E-state index in [1.807, 2.05) is 0 Å². The molecule has 0 aromatic heterocycles. The van der Waals surface area contributed by atoms with Crippen molar-refractivity contribution < 1.29 is 22.7 Å². The van der Waals surface area contributed by atoms with Gasteiger partial charge in [0.25, 0.3) is 9.05 Å². The normalized spacial score (nSPS) is 15.1. The van der Waals surface area contributed by atoms with Crippen molar-refractivity contribution in [1.82, 2.24) is 0 Å². The zero-order valence-electron chi connectivity index (χ0n) is 10.3. The van der Waals surface area contributed by atoms with Crippen molar-refractivity contribution in [3.8, 4) is 5.75 Å². The molecule has 1 aliphatic rings. The minimum Gasteiger partial charge on any atom is -0.496 e. The monoisotopic (exact) mass is 304 g/mol. The average Bonchev–Trinajstić information content (AvgIpc) is 3.18. The molecular formula is C12H13ClO5S. The highest BCUT2D eigenvalue weighted by Crippen LogP contribution is 2.30. The molecule has 1 saturated carbocycles. The van der Waals surface area contributed by atoms with Gasteiger partial charge >= 0.3 is 5.97 Å². The molecular weight excluding hydrogens is 292 g/mol. The molecule has 0 N–H and O–H groups in total. The van der Waals surface area contributed by atoms with Crippen LogP contribution in [0.3, 0.4) is 0 Å². The predicted molar refractivity (Wildman–Crippen MR) is 69.0 cm³/mol. The second kappa shape index (κ2) is 5.38. The van der Waals surface area contributed by atoms with E-state index in [4.69, 9.17) is 20.2 Å².